The molecule has 2 aromatic carbocycles. The van der Waals surface area contributed by atoms with Crippen molar-refractivity contribution in [3.8, 4) is 0 Å². The van der Waals surface area contributed by atoms with Crippen molar-refractivity contribution in [2.24, 2.45) is 5.73 Å². The number of rotatable bonds is 2. The van der Waals surface area contributed by atoms with Crippen molar-refractivity contribution in [1.82, 2.24) is 0 Å². The van der Waals surface area contributed by atoms with Crippen LogP contribution in [0.15, 0.2) is 36.4 Å². The fourth-order valence-electron chi connectivity index (χ4n) is 2.63. The maximum atomic E-state index is 13.3. The van der Waals surface area contributed by atoms with Crippen molar-refractivity contribution < 1.29 is 8.78 Å². The van der Waals surface area contributed by atoms with Crippen LogP contribution in [0.3, 0.4) is 0 Å². The molecule has 0 saturated carbocycles. The Kier molecular flexibility index (Phi) is 3.03. The van der Waals surface area contributed by atoms with Crippen molar-refractivity contribution in [3.05, 3.63) is 69.7 Å². The Morgan fingerprint density at radius 3 is 2.58 bits per heavy atom. The average molecular weight is 280 g/mol. The minimum Gasteiger partial charge on any atom is -0.323 e. The molecule has 4 heteroatoms. The number of fused-ring (bicyclic) bond motifs is 1. The van der Waals surface area contributed by atoms with Crippen LogP contribution in [0, 0.1) is 11.6 Å². The molecule has 0 amide bonds. The summed E-state index contributed by atoms with van der Waals surface area (Å²) >= 11 is 5.96. The zero-order chi connectivity index (χ0) is 13.6. The molecule has 19 heavy (non-hydrogen) atoms. The SMILES string of the molecule is NC(c1cc(F)c(F)cc1Cl)C1Cc2ccccc21. The molecular formula is C15H12ClF2N. The average Bonchev–Trinajstić information content (AvgIpc) is 2.35. The van der Waals surface area contributed by atoms with E-state index in [0.29, 0.717) is 5.56 Å². The van der Waals surface area contributed by atoms with Crippen molar-refractivity contribution in [2.45, 2.75) is 18.4 Å². The van der Waals surface area contributed by atoms with Crippen LogP contribution in [0.1, 0.15) is 28.7 Å². The highest BCUT2D eigenvalue weighted by Crippen LogP contribution is 2.43. The van der Waals surface area contributed by atoms with Gasteiger partial charge in [0.05, 0.1) is 0 Å². The van der Waals surface area contributed by atoms with Gasteiger partial charge < -0.3 is 5.73 Å². The Labute approximate surface area is 115 Å². The quantitative estimate of drug-likeness (QED) is 0.828. The Morgan fingerprint density at radius 2 is 1.84 bits per heavy atom. The highest BCUT2D eigenvalue weighted by molar-refractivity contribution is 6.31. The first-order valence-corrected chi connectivity index (χ1v) is 6.43. The van der Waals surface area contributed by atoms with Gasteiger partial charge in [-0.05, 0) is 35.2 Å². The molecule has 1 aliphatic rings. The molecule has 0 fully saturated rings. The predicted octanol–water partition coefficient (Wildman–Crippen LogP) is 3.96. The Balaban J connectivity index is 1.94. The number of hydrogen-bond acceptors (Lipinski definition) is 1. The van der Waals surface area contributed by atoms with Gasteiger partial charge in [0.2, 0.25) is 0 Å². The van der Waals surface area contributed by atoms with E-state index < -0.39 is 17.7 Å². The molecule has 98 valence electrons. The Morgan fingerprint density at radius 1 is 1.16 bits per heavy atom. The molecule has 0 aromatic heterocycles. The normalized spacial score (nSPS) is 18.6. The van der Waals surface area contributed by atoms with Crippen molar-refractivity contribution in [3.63, 3.8) is 0 Å². The fourth-order valence-corrected chi connectivity index (χ4v) is 2.90. The Bertz CT molecular complexity index is 642. The third kappa shape index (κ3) is 2.03. The lowest BCUT2D eigenvalue weighted by molar-refractivity contribution is 0.482. The molecule has 3 rings (SSSR count). The standard InChI is InChI=1S/C15H12ClF2N/c16-12-7-14(18)13(17)6-11(12)15(19)10-5-8-3-1-2-4-9(8)10/h1-4,6-7,10,15H,5,19H2. The third-order valence-electron chi connectivity index (χ3n) is 3.73. The van der Waals surface area contributed by atoms with E-state index in [-0.39, 0.29) is 10.9 Å². The highest BCUT2D eigenvalue weighted by Gasteiger charge is 2.32. The second kappa shape index (κ2) is 4.58. The first kappa shape index (κ1) is 12.6. The van der Waals surface area contributed by atoms with Crippen LogP contribution in [-0.4, -0.2) is 0 Å². The molecular weight excluding hydrogens is 268 g/mol. The maximum Gasteiger partial charge on any atom is 0.160 e. The lowest BCUT2D eigenvalue weighted by Crippen LogP contribution is -2.29. The summed E-state index contributed by atoms with van der Waals surface area (Å²) in [5.41, 5.74) is 9.03. The molecule has 0 spiro atoms. The summed E-state index contributed by atoms with van der Waals surface area (Å²) in [5.74, 6) is -1.75. The molecule has 1 aliphatic carbocycles. The minimum absolute atomic E-state index is 0.110. The van der Waals surface area contributed by atoms with Gasteiger partial charge in [0.15, 0.2) is 11.6 Å². The molecule has 2 atom stereocenters. The zero-order valence-corrected chi connectivity index (χ0v) is 10.8. The second-order valence-corrected chi connectivity index (χ2v) is 5.23. The number of halogens is 3. The molecule has 0 saturated heterocycles. The van der Waals surface area contributed by atoms with Gasteiger partial charge in [0, 0.05) is 17.0 Å². The van der Waals surface area contributed by atoms with E-state index in [9.17, 15) is 8.78 Å². The van der Waals surface area contributed by atoms with E-state index in [1.54, 1.807) is 0 Å². The van der Waals surface area contributed by atoms with E-state index in [1.165, 1.54) is 5.56 Å². The number of benzene rings is 2. The van der Waals surface area contributed by atoms with Gasteiger partial charge in [-0.2, -0.15) is 0 Å². The molecule has 0 bridgehead atoms. The van der Waals surface area contributed by atoms with Crippen LogP contribution < -0.4 is 5.73 Å². The van der Waals surface area contributed by atoms with Crippen molar-refractivity contribution in [1.29, 1.82) is 0 Å². The summed E-state index contributed by atoms with van der Waals surface area (Å²) in [6.45, 7) is 0. The lowest BCUT2D eigenvalue weighted by Gasteiger charge is -2.35. The summed E-state index contributed by atoms with van der Waals surface area (Å²) in [4.78, 5) is 0. The van der Waals surface area contributed by atoms with Crippen LogP contribution in [0.5, 0.6) is 0 Å². The summed E-state index contributed by atoms with van der Waals surface area (Å²) in [5, 5.41) is 0.177. The van der Waals surface area contributed by atoms with Crippen molar-refractivity contribution in [2.75, 3.05) is 0 Å². The molecule has 2 unspecified atom stereocenters. The number of hydrogen-bond donors (Lipinski definition) is 1. The van der Waals surface area contributed by atoms with E-state index >= 15 is 0 Å². The van der Waals surface area contributed by atoms with E-state index in [4.69, 9.17) is 17.3 Å². The maximum absolute atomic E-state index is 13.3. The summed E-state index contributed by atoms with van der Waals surface area (Å²) in [7, 11) is 0. The van der Waals surface area contributed by atoms with Crippen LogP contribution in [0.4, 0.5) is 8.78 Å². The second-order valence-electron chi connectivity index (χ2n) is 4.82. The predicted molar refractivity (Wildman–Crippen MR) is 71.2 cm³/mol. The molecule has 0 aliphatic heterocycles. The molecule has 2 N–H and O–H groups in total. The molecule has 1 nitrogen and oxygen atoms in total. The lowest BCUT2D eigenvalue weighted by atomic mass is 9.72. The summed E-state index contributed by atoms with van der Waals surface area (Å²) in [6, 6.07) is 9.65. The highest BCUT2D eigenvalue weighted by atomic mass is 35.5. The van der Waals surface area contributed by atoms with Gasteiger partial charge in [0.1, 0.15) is 0 Å². The van der Waals surface area contributed by atoms with Gasteiger partial charge in [-0.15, -0.1) is 0 Å². The van der Waals surface area contributed by atoms with Crippen LogP contribution in [-0.2, 0) is 6.42 Å². The van der Waals surface area contributed by atoms with Gasteiger partial charge >= 0.3 is 0 Å². The molecule has 2 aromatic rings. The Hall–Kier alpha value is -1.45. The zero-order valence-electron chi connectivity index (χ0n) is 10.0. The third-order valence-corrected chi connectivity index (χ3v) is 4.05. The van der Waals surface area contributed by atoms with Gasteiger partial charge in [-0.1, -0.05) is 35.9 Å². The smallest absolute Gasteiger partial charge is 0.160 e. The minimum atomic E-state index is -0.949. The topological polar surface area (TPSA) is 26.0 Å². The largest absolute Gasteiger partial charge is 0.323 e. The number of nitrogens with two attached hydrogens (primary N) is 1. The molecule has 0 radical (unpaired) electrons. The van der Waals surface area contributed by atoms with Crippen LogP contribution in [0.2, 0.25) is 5.02 Å². The first-order chi connectivity index (χ1) is 9.08. The van der Waals surface area contributed by atoms with Gasteiger partial charge in [0.25, 0.3) is 0 Å². The monoisotopic (exact) mass is 279 g/mol. The fraction of sp³-hybridized carbons (Fsp3) is 0.200. The van der Waals surface area contributed by atoms with Crippen LogP contribution >= 0.6 is 11.6 Å². The first-order valence-electron chi connectivity index (χ1n) is 6.05. The van der Waals surface area contributed by atoms with E-state index in [1.807, 2.05) is 24.3 Å². The van der Waals surface area contributed by atoms with Crippen LogP contribution in [0.25, 0.3) is 0 Å². The van der Waals surface area contributed by atoms with Gasteiger partial charge in [-0.3, -0.25) is 0 Å². The van der Waals surface area contributed by atoms with E-state index in [0.717, 1.165) is 24.1 Å². The molecule has 0 heterocycles. The summed E-state index contributed by atoms with van der Waals surface area (Å²) in [6.07, 6.45) is 0.840. The van der Waals surface area contributed by atoms with E-state index in [2.05, 4.69) is 0 Å². The summed E-state index contributed by atoms with van der Waals surface area (Å²) < 4.78 is 26.4. The van der Waals surface area contributed by atoms with Crippen molar-refractivity contribution >= 4 is 11.6 Å². The van der Waals surface area contributed by atoms with Gasteiger partial charge in [-0.25, -0.2) is 8.78 Å².